The summed E-state index contributed by atoms with van der Waals surface area (Å²) in [5.74, 6) is -0.165. The molecule has 1 unspecified atom stereocenters. The van der Waals surface area contributed by atoms with Crippen LogP contribution in [0.15, 0.2) is 11.8 Å². The number of halogens is 1. The van der Waals surface area contributed by atoms with Gasteiger partial charge in [0.25, 0.3) is 0 Å². The van der Waals surface area contributed by atoms with Gasteiger partial charge < -0.3 is 16.2 Å². The fraction of sp³-hybridized carbons (Fsp3) is 0.692. The first-order chi connectivity index (χ1) is 9.01. The van der Waals surface area contributed by atoms with Crippen LogP contribution in [0.1, 0.15) is 45.4 Å². The lowest BCUT2D eigenvalue weighted by Gasteiger charge is -2.13. The van der Waals surface area contributed by atoms with Crippen molar-refractivity contribution in [1.82, 2.24) is 5.32 Å². The van der Waals surface area contributed by atoms with E-state index in [1.807, 2.05) is 0 Å². The highest BCUT2D eigenvalue weighted by Gasteiger charge is 2.19. The molecule has 0 heterocycles. The van der Waals surface area contributed by atoms with Crippen molar-refractivity contribution in [2.24, 2.45) is 5.73 Å². The predicted molar refractivity (Wildman–Crippen MR) is 71.2 cm³/mol. The first kappa shape index (κ1) is 17.6. The topological polar surface area (TPSA) is 92.4 Å². The van der Waals surface area contributed by atoms with Crippen LogP contribution in [0, 0.1) is 0 Å². The minimum atomic E-state index is -1.53. The summed E-state index contributed by atoms with van der Waals surface area (Å²) in [6, 6.07) is -2.60. The Bertz CT molecular complexity index is 319. The fourth-order valence-corrected chi connectivity index (χ4v) is 1.58. The molecule has 0 aliphatic carbocycles. The van der Waals surface area contributed by atoms with E-state index in [0.29, 0.717) is 32.2 Å². The summed E-state index contributed by atoms with van der Waals surface area (Å²) in [4.78, 5) is 22.2. The molecule has 0 aromatic heterocycles. The molecule has 0 saturated carbocycles. The Labute approximate surface area is 113 Å². The van der Waals surface area contributed by atoms with Crippen LogP contribution in [0.5, 0.6) is 0 Å². The SMILES string of the molecule is C/C=C(\O)CCCC(=O)NC(CCCCN)C(=O)F. The molecule has 0 saturated heterocycles. The van der Waals surface area contributed by atoms with Crippen LogP contribution in [0.3, 0.4) is 0 Å². The average molecular weight is 274 g/mol. The predicted octanol–water partition coefficient (Wildman–Crippen LogP) is 1.73. The van der Waals surface area contributed by atoms with E-state index in [0.717, 1.165) is 0 Å². The van der Waals surface area contributed by atoms with Crippen LogP contribution in [0.25, 0.3) is 0 Å². The van der Waals surface area contributed by atoms with Gasteiger partial charge in [-0.25, -0.2) is 0 Å². The molecule has 0 fully saturated rings. The number of carbonyl (C=O) groups is 2. The van der Waals surface area contributed by atoms with Crippen molar-refractivity contribution in [3.63, 3.8) is 0 Å². The summed E-state index contributed by atoms with van der Waals surface area (Å²) in [5, 5.41) is 11.5. The van der Waals surface area contributed by atoms with Crippen LogP contribution in [-0.4, -0.2) is 29.6 Å². The minimum Gasteiger partial charge on any atom is -0.513 e. The number of nitrogens with two attached hydrogens (primary N) is 1. The standard InChI is InChI=1S/C13H23FN2O3/c1-2-10(17)6-5-8-12(18)16-11(13(14)19)7-3-4-9-15/h2,11,17H,3-9,15H2,1H3,(H,16,18)/b10-2-. The van der Waals surface area contributed by atoms with E-state index in [1.54, 1.807) is 13.0 Å². The van der Waals surface area contributed by atoms with Gasteiger partial charge in [-0.1, -0.05) is 0 Å². The molecule has 0 aromatic carbocycles. The summed E-state index contributed by atoms with van der Waals surface area (Å²) in [6.45, 7) is 2.18. The fourth-order valence-electron chi connectivity index (χ4n) is 1.58. The van der Waals surface area contributed by atoms with E-state index in [2.05, 4.69) is 5.32 Å². The Kier molecular flexibility index (Phi) is 9.70. The second-order valence-corrected chi connectivity index (χ2v) is 4.34. The van der Waals surface area contributed by atoms with E-state index < -0.39 is 12.1 Å². The molecule has 4 N–H and O–H groups in total. The van der Waals surface area contributed by atoms with Gasteiger partial charge in [-0.15, -0.1) is 0 Å². The van der Waals surface area contributed by atoms with E-state index in [4.69, 9.17) is 5.73 Å². The van der Waals surface area contributed by atoms with Crippen LogP contribution in [-0.2, 0) is 9.59 Å². The molecule has 0 spiro atoms. The molecule has 0 aromatic rings. The lowest BCUT2D eigenvalue weighted by Crippen LogP contribution is -2.39. The smallest absolute Gasteiger partial charge is 0.323 e. The third kappa shape index (κ3) is 9.18. The Morgan fingerprint density at radius 3 is 2.53 bits per heavy atom. The number of carbonyl (C=O) groups excluding carboxylic acids is 2. The number of hydrogen-bond donors (Lipinski definition) is 3. The van der Waals surface area contributed by atoms with Gasteiger partial charge in [-0.2, -0.15) is 4.39 Å². The number of allylic oxidation sites excluding steroid dienone is 2. The average Bonchev–Trinajstić information content (AvgIpc) is 2.37. The summed E-state index contributed by atoms with van der Waals surface area (Å²) in [5.41, 5.74) is 5.30. The van der Waals surface area contributed by atoms with E-state index in [1.165, 1.54) is 0 Å². The van der Waals surface area contributed by atoms with Crippen molar-refractivity contribution < 1.29 is 19.1 Å². The van der Waals surface area contributed by atoms with Gasteiger partial charge in [0.2, 0.25) is 5.91 Å². The summed E-state index contributed by atoms with van der Waals surface area (Å²) in [6.07, 6.45) is 4.10. The van der Waals surface area contributed by atoms with Gasteiger partial charge in [0.05, 0.1) is 5.76 Å². The van der Waals surface area contributed by atoms with Crippen LogP contribution in [0.2, 0.25) is 0 Å². The van der Waals surface area contributed by atoms with Gasteiger partial charge in [0.1, 0.15) is 6.04 Å². The molecule has 0 aliphatic heterocycles. The normalized spacial score (nSPS) is 13.1. The molecule has 0 radical (unpaired) electrons. The summed E-state index contributed by atoms with van der Waals surface area (Å²) < 4.78 is 12.7. The molecular formula is C13H23FN2O3. The minimum absolute atomic E-state index is 0.151. The number of unbranched alkanes of at least 4 members (excludes halogenated alkanes) is 1. The second kappa shape index (κ2) is 10.5. The van der Waals surface area contributed by atoms with Crippen molar-refractivity contribution >= 4 is 11.9 Å². The van der Waals surface area contributed by atoms with E-state index in [9.17, 15) is 19.1 Å². The highest BCUT2D eigenvalue weighted by atomic mass is 19.1. The number of aliphatic hydroxyl groups is 1. The van der Waals surface area contributed by atoms with Crippen molar-refractivity contribution in [1.29, 1.82) is 0 Å². The quantitative estimate of drug-likeness (QED) is 0.321. The number of amides is 1. The van der Waals surface area contributed by atoms with Crippen LogP contribution < -0.4 is 11.1 Å². The molecular weight excluding hydrogens is 251 g/mol. The Morgan fingerprint density at radius 1 is 1.32 bits per heavy atom. The third-order valence-electron chi connectivity index (χ3n) is 2.73. The number of nitrogens with one attached hydrogen (secondary N) is 1. The molecule has 6 heteroatoms. The Balaban J connectivity index is 3.99. The van der Waals surface area contributed by atoms with Crippen molar-refractivity contribution in [2.45, 2.75) is 51.5 Å². The molecule has 0 bridgehead atoms. The van der Waals surface area contributed by atoms with Gasteiger partial charge in [0.15, 0.2) is 0 Å². The zero-order valence-corrected chi connectivity index (χ0v) is 11.3. The molecule has 5 nitrogen and oxygen atoms in total. The van der Waals surface area contributed by atoms with Crippen LogP contribution >= 0.6 is 0 Å². The van der Waals surface area contributed by atoms with Crippen LogP contribution in [0.4, 0.5) is 4.39 Å². The van der Waals surface area contributed by atoms with Crippen molar-refractivity contribution in [3.05, 3.63) is 11.8 Å². The molecule has 0 aliphatic rings. The van der Waals surface area contributed by atoms with E-state index in [-0.39, 0.29) is 24.5 Å². The van der Waals surface area contributed by atoms with Gasteiger partial charge in [-0.05, 0) is 45.2 Å². The Morgan fingerprint density at radius 2 is 2.00 bits per heavy atom. The Hall–Kier alpha value is -1.43. The highest BCUT2D eigenvalue weighted by molar-refractivity contribution is 5.83. The highest BCUT2D eigenvalue weighted by Crippen LogP contribution is 2.06. The summed E-state index contributed by atoms with van der Waals surface area (Å²) in [7, 11) is 0. The molecule has 1 atom stereocenters. The zero-order valence-electron chi connectivity index (χ0n) is 11.3. The van der Waals surface area contributed by atoms with Crippen molar-refractivity contribution in [3.8, 4) is 0 Å². The summed E-state index contributed by atoms with van der Waals surface area (Å²) >= 11 is 0. The maximum atomic E-state index is 12.7. The third-order valence-corrected chi connectivity index (χ3v) is 2.73. The molecule has 19 heavy (non-hydrogen) atoms. The second-order valence-electron chi connectivity index (χ2n) is 4.34. The van der Waals surface area contributed by atoms with Gasteiger partial charge in [0, 0.05) is 12.8 Å². The maximum Gasteiger partial charge on any atom is 0.323 e. The van der Waals surface area contributed by atoms with Gasteiger partial charge in [-0.3, -0.25) is 9.59 Å². The number of hydrogen-bond acceptors (Lipinski definition) is 4. The largest absolute Gasteiger partial charge is 0.513 e. The lowest BCUT2D eigenvalue weighted by molar-refractivity contribution is -0.135. The molecule has 1 amide bonds. The molecule has 110 valence electrons. The maximum absolute atomic E-state index is 12.7. The lowest BCUT2D eigenvalue weighted by atomic mass is 10.1. The van der Waals surface area contributed by atoms with Gasteiger partial charge >= 0.3 is 6.04 Å². The first-order valence-electron chi connectivity index (χ1n) is 6.54. The van der Waals surface area contributed by atoms with E-state index >= 15 is 0 Å². The van der Waals surface area contributed by atoms with Crippen molar-refractivity contribution in [2.75, 3.05) is 6.54 Å². The molecule has 0 rings (SSSR count). The first-order valence-corrected chi connectivity index (χ1v) is 6.54. The zero-order chi connectivity index (χ0) is 14.7. The number of aliphatic hydroxyl groups excluding tert-OH is 1. The number of rotatable bonds is 10. The monoisotopic (exact) mass is 274 g/mol.